The number of aromatic nitrogens is 2. The van der Waals surface area contributed by atoms with Gasteiger partial charge in [0.1, 0.15) is 11.5 Å². The molecular weight excluding hydrogens is 647 g/mol. The van der Waals surface area contributed by atoms with Crippen LogP contribution in [0.3, 0.4) is 0 Å². The summed E-state index contributed by atoms with van der Waals surface area (Å²) in [5, 5.41) is 10.3. The number of halogens is 3. The molecule has 1 fully saturated rings. The van der Waals surface area contributed by atoms with Crippen molar-refractivity contribution in [2.45, 2.75) is 71.0 Å². The summed E-state index contributed by atoms with van der Waals surface area (Å²) < 4.78 is 12.4. The molecular formula is C30H33BrCl2N4O3S. The Morgan fingerprint density at radius 3 is 2.63 bits per heavy atom. The predicted molar refractivity (Wildman–Crippen MR) is 171 cm³/mol. The first-order valence-electron chi connectivity index (χ1n) is 13.9. The van der Waals surface area contributed by atoms with E-state index in [0.29, 0.717) is 32.5 Å². The molecule has 2 aromatic heterocycles. The van der Waals surface area contributed by atoms with Gasteiger partial charge in [0.2, 0.25) is 0 Å². The normalized spacial score (nSPS) is 14.8. The van der Waals surface area contributed by atoms with E-state index in [1.54, 1.807) is 11.3 Å². The van der Waals surface area contributed by atoms with Gasteiger partial charge in [0.15, 0.2) is 5.13 Å². The molecule has 0 saturated heterocycles. The van der Waals surface area contributed by atoms with Crippen LogP contribution in [-0.2, 0) is 11.3 Å². The molecule has 1 aliphatic rings. The van der Waals surface area contributed by atoms with E-state index in [1.165, 1.54) is 7.11 Å². The molecule has 0 spiro atoms. The molecule has 1 N–H and O–H groups in total. The first-order chi connectivity index (χ1) is 19.7. The summed E-state index contributed by atoms with van der Waals surface area (Å²) in [4.78, 5) is 19.4. The van der Waals surface area contributed by atoms with Crippen molar-refractivity contribution in [1.82, 2.24) is 15.5 Å². The van der Waals surface area contributed by atoms with Crippen molar-refractivity contribution in [3.63, 3.8) is 0 Å². The smallest absolute Gasteiger partial charge is 0.339 e. The Hall–Kier alpha value is -2.17. The van der Waals surface area contributed by atoms with Gasteiger partial charge in [0, 0.05) is 46.7 Å². The number of nitrogens with one attached hydrogen (secondary N) is 1. The number of esters is 1. The molecule has 0 amide bonds. The average molecular weight is 680 g/mol. The lowest BCUT2D eigenvalue weighted by Crippen LogP contribution is -2.39. The molecule has 4 aromatic rings. The molecule has 2 unspecified atom stereocenters. The first kappa shape index (κ1) is 30.3. The summed E-state index contributed by atoms with van der Waals surface area (Å²) in [5.41, 5.74) is 3.84. The van der Waals surface area contributed by atoms with Crippen LogP contribution >= 0.6 is 50.5 Å². The van der Waals surface area contributed by atoms with Gasteiger partial charge in [-0.2, -0.15) is 0 Å². The number of hydrogen-bond acceptors (Lipinski definition) is 8. The van der Waals surface area contributed by atoms with Gasteiger partial charge < -0.3 is 19.5 Å². The monoisotopic (exact) mass is 678 g/mol. The maximum Gasteiger partial charge on any atom is 0.339 e. The lowest BCUT2D eigenvalue weighted by atomic mass is 10.0. The van der Waals surface area contributed by atoms with Gasteiger partial charge in [-0.25, -0.2) is 9.78 Å². The average Bonchev–Trinajstić information content (AvgIpc) is 3.59. The van der Waals surface area contributed by atoms with Crippen LogP contribution in [0.2, 0.25) is 10.0 Å². The number of carbonyl (C=O) groups is 1. The Morgan fingerprint density at radius 2 is 2.00 bits per heavy atom. The van der Waals surface area contributed by atoms with Crippen molar-refractivity contribution in [1.29, 1.82) is 0 Å². The molecule has 2 aromatic carbocycles. The minimum Gasteiger partial charge on any atom is -0.465 e. The minimum atomic E-state index is -0.371. The second-order valence-electron chi connectivity index (χ2n) is 10.4. The predicted octanol–water partition coefficient (Wildman–Crippen LogP) is 8.86. The standard InChI is InChI=1S/C30H33BrCl2N4O3S/c1-5-18(34-15-20-27(36-40-28(20)17-10-11-17)26-22(32)8-7-9-23(26)33)12-16(3)37(6-2)30-35-24-14-21(31)19(29(38)39-4)13-25(24)41-30/h7-9,13-14,16-18,34H,5-6,10-12,15H2,1-4H3. The van der Waals surface area contributed by atoms with Gasteiger partial charge in [0.05, 0.1) is 32.9 Å². The van der Waals surface area contributed by atoms with E-state index in [0.717, 1.165) is 70.2 Å². The van der Waals surface area contributed by atoms with Crippen molar-refractivity contribution in [2.24, 2.45) is 0 Å². The quantitative estimate of drug-likeness (QED) is 0.150. The van der Waals surface area contributed by atoms with Crippen LogP contribution in [0.1, 0.15) is 74.1 Å². The van der Waals surface area contributed by atoms with Gasteiger partial charge >= 0.3 is 5.97 Å². The third-order valence-electron chi connectivity index (χ3n) is 7.64. The Labute approximate surface area is 262 Å². The maximum absolute atomic E-state index is 12.2. The summed E-state index contributed by atoms with van der Waals surface area (Å²) in [5.74, 6) is 0.972. The Kier molecular flexibility index (Phi) is 9.60. The number of nitrogens with zero attached hydrogens (tertiary/aromatic N) is 3. The number of carbonyl (C=O) groups excluding carboxylic acids is 1. The van der Waals surface area contributed by atoms with Crippen molar-refractivity contribution in [3.05, 3.63) is 61.7 Å². The van der Waals surface area contributed by atoms with E-state index in [9.17, 15) is 4.79 Å². The highest BCUT2D eigenvalue weighted by atomic mass is 79.9. The van der Waals surface area contributed by atoms with Crippen LogP contribution in [0.25, 0.3) is 21.5 Å². The molecule has 5 rings (SSSR count). The van der Waals surface area contributed by atoms with Crippen LogP contribution in [0.5, 0.6) is 0 Å². The summed E-state index contributed by atoms with van der Waals surface area (Å²) in [6.07, 6.45) is 4.10. The fourth-order valence-electron chi connectivity index (χ4n) is 5.22. The zero-order valence-corrected chi connectivity index (χ0v) is 27.4. The molecule has 2 atom stereocenters. The lowest BCUT2D eigenvalue weighted by Gasteiger charge is -2.31. The van der Waals surface area contributed by atoms with Gasteiger partial charge in [-0.1, -0.05) is 52.7 Å². The van der Waals surface area contributed by atoms with Crippen molar-refractivity contribution >= 4 is 71.8 Å². The highest BCUT2D eigenvalue weighted by Gasteiger charge is 2.33. The van der Waals surface area contributed by atoms with Gasteiger partial charge in [-0.3, -0.25) is 0 Å². The first-order valence-corrected chi connectivity index (χ1v) is 16.2. The summed E-state index contributed by atoms with van der Waals surface area (Å²) in [6, 6.07) is 9.71. The molecule has 41 heavy (non-hydrogen) atoms. The molecule has 0 radical (unpaired) electrons. The Bertz CT molecular complexity index is 1530. The number of fused-ring (bicyclic) bond motifs is 1. The number of rotatable bonds is 12. The highest BCUT2D eigenvalue weighted by Crippen LogP contribution is 2.46. The second kappa shape index (κ2) is 13.0. The van der Waals surface area contributed by atoms with E-state index in [4.69, 9.17) is 37.4 Å². The lowest BCUT2D eigenvalue weighted by molar-refractivity contribution is 0.0600. The van der Waals surface area contributed by atoms with E-state index in [2.05, 4.69) is 52.1 Å². The van der Waals surface area contributed by atoms with Crippen molar-refractivity contribution in [3.8, 4) is 11.3 Å². The topological polar surface area (TPSA) is 80.5 Å². The summed E-state index contributed by atoms with van der Waals surface area (Å²) >= 11 is 18.2. The van der Waals surface area contributed by atoms with E-state index in [-0.39, 0.29) is 18.1 Å². The SMILES string of the molecule is CCC(CC(C)N(CC)c1nc2cc(Br)c(C(=O)OC)cc2s1)NCc1c(-c2c(Cl)cccc2Cl)noc1C1CC1. The zero-order valence-electron chi connectivity index (χ0n) is 23.5. The van der Waals surface area contributed by atoms with Crippen LogP contribution in [0.4, 0.5) is 5.13 Å². The molecule has 7 nitrogen and oxygen atoms in total. The molecule has 1 aliphatic carbocycles. The number of anilines is 1. The summed E-state index contributed by atoms with van der Waals surface area (Å²) in [6.45, 7) is 8.01. The van der Waals surface area contributed by atoms with Crippen LogP contribution < -0.4 is 10.2 Å². The van der Waals surface area contributed by atoms with Gasteiger partial charge in [-0.05, 0) is 79.7 Å². The molecule has 0 aliphatic heterocycles. The Morgan fingerprint density at radius 1 is 1.27 bits per heavy atom. The maximum atomic E-state index is 12.2. The fourth-order valence-corrected chi connectivity index (χ4v) is 7.44. The molecule has 1 saturated carbocycles. The molecule has 218 valence electrons. The third-order valence-corrected chi connectivity index (χ3v) is 9.98. The molecule has 0 bridgehead atoms. The summed E-state index contributed by atoms with van der Waals surface area (Å²) in [7, 11) is 1.39. The van der Waals surface area contributed by atoms with Gasteiger partial charge in [-0.15, -0.1) is 0 Å². The number of ether oxygens (including phenoxy) is 1. The van der Waals surface area contributed by atoms with Crippen molar-refractivity contribution < 1.29 is 14.1 Å². The Balaban J connectivity index is 1.33. The van der Waals surface area contributed by atoms with Crippen LogP contribution in [0.15, 0.2) is 39.3 Å². The molecule has 11 heteroatoms. The highest BCUT2D eigenvalue weighted by molar-refractivity contribution is 9.10. The third kappa shape index (κ3) is 6.44. The minimum absolute atomic E-state index is 0.226. The number of benzene rings is 2. The van der Waals surface area contributed by atoms with Crippen LogP contribution in [-0.4, -0.2) is 41.8 Å². The van der Waals surface area contributed by atoms with E-state index >= 15 is 0 Å². The van der Waals surface area contributed by atoms with Crippen LogP contribution in [0, 0.1) is 0 Å². The number of thiazole rings is 1. The number of hydrogen-bond donors (Lipinski definition) is 1. The zero-order chi connectivity index (χ0) is 29.3. The largest absolute Gasteiger partial charge is 0.465 e. The second-order valence-corrected chi connectivity index (χ2v) is 13.1. The van der Waals surface area contributed by atoms with E-state index < -0.39 is 0 Å². The number of methoxy groups -OCH3 is 1. The van der Waals surface area contributed by atoms with E-state index in [1.807, 2.05) is 30.3 Å². The van der Waals surface area contributed by atoms with Gasteiger partial charge in [0.25, 0.3) is 0 Å². The van der Waals surface area contributed by atoms with Crippen molar-refractivity contribution in [2.75, 3.05) is 18.6 Å². The fraction of sp³-hybridized carbons (Fsp3) is 0.433. The molecule has 2 heterocycles.